The molecule has 0 saturated heterocycles. The number of rotatable bonds is 6. The van der Waals surface area contributed by atoms with Gasteiger partial charge in [0.2, 0.25) is 11.8 Å². The van der Waals surface area contributed by atoms with E-state index in [9.17, 15) is 0 Å². The zero-order valence-corrected chi connectivity index (χ0v) is 11.5. The Bertz CT molecular complexity index is 481. The first kappa shape index (κ1) is 13.1. The van der Waals surface area contributed by atoms with Crippen LogP contribution in [0.4, 0.5) is 0 Å². The van der Waals surface area contributed by atoms with Gasteiger partial charge in [-0.25, -0.2) is 0 Å². The predicted molar refractivity (Wildman–Crippen MR) is 72.4 cm³/mol. The largest absolute Gasteiger partial charge is 0.424 e. The lowest BCUT2D eigenvalue weighted by molar-refractivity contribution is 0.470. The average molecular weight is 263 g/mol. The first-order valence-corrected chi connectivity index (χ1v) is 6.98. The van der Waals surface area contributed by atoms with E-state index >= 15 is 0 Å². The van der Waals surface area contributed by atoms with Gasteiger partial charge in [-0.15, -0.1) is 22.0 Å². The van der Waals surface area contributed by atoms with Gasteiger partial charge >= 0.3 is 0 Å². The molecule has 0 spiro atoms. The van der Waals surface area contributed by atoms with E-state index in [1.807, 2.05) is 14.0 Å². The Kier molecular flexibility index (Phi) is 4.78. The predicted octanol–water partition coefficient (Wildman–Crippen LogP) is 2.64. The number of aryl methyl sites for hydroxylation is 1. The standard InChI is InChI=1S/C13H17N3OS/c1-3-12-15-16-13(17-12)9-18-11-6-4-10(5-7-11)8-14-2/h4-7,14H,3,8-9H2,1-2H3. The first-order valence-electron chi connectivity index (χ1n) is 5.99. The van der Waals surface area contributed by atoms with E-state index in [-0.39, 0.29) is 0 Å². The van der Waals surface area contributed by atoms with Gasteiger partial charge < -0.3 is 9.73 Å². The van der Waals surface area contributed by atoms with Crippen LogP contribution >= 0.6 is 11.8 Å². The third kappa shape index (κ3) is 3.58. The smallest absolute Gasteiger partial charge is 0.226 e. The van der Waals surface area contributed by atoms with Crippen LogP contribution in [0.25, 0.3) is 0 Å². The second kappa shape index (κ2) is 6.56. The lowest BCUT2D eigenvalue weighted by Crippen LogP contribution is -2.04. The highest BCUT2D eigenvalue weighted by Gasteiger charge is 2.04. The van der Waals surface area contributed by atoms with Crippen LogP contribution in [-0.4, -0.2) is 17.2 Å². The molecule has 4 nitrogen and oxygen atoms in total. The van der Waals surface area contributed by atoms with Crippen LogP contribution in [0.3, 0.4) is 0 Å². The summed E-state index contributed by atoms with van der Waals surface area (Å²) in [6.07, 6.45) is 0.788. The molecule has 1 heterocycles. The topological polar surface area (TPSA) is 51.0 Å². The molecule has 5 heteroatoms. The van der Waals surface area contributed by atoms with Crippen molar-refractivity contribution in [1.29, 1.82) is 0 Å². The summed E-state index contributed by atoms with van der Waals surface area (Å²) in [6.45, 7) is 2.90. The molecule has 0 fully saturated rings. The SMILES string of the molecule is CCc1nnc(CSc2ccc(CNC)cc2)o1. The number of benzene rings is 1. The van der Waals surface area contributed by atoms with Gasteiger partial charge in [0.05, 0.1) is 5.75 Å². The molecule has 0 aliphatic heterocycles. The van der Waals surface area contributed by atoms with E-state index in [0.29, 0.717) is 11.8 Å². The Morgan fingerprint density at radius 1 is 1.17 bits per heavy atom. The molecule has 0 radical (unpaired) electrons. The van der Waals surface area contributed by atoms with Crippen molar-refractivity contribution in [2.45, 2.75) is 30.5 Å². The third-order valence-electron chi connectivity index (χ3n) is 2.48. The Morgan fingerprint density at radius 2 is 1.89 bits per heavy atom. The van der Waals surface area contributed by atoms with Crippen LogP contribution in [0.5, 0.6) is 0 Å². The van der Waals surface area contributed by atoms with Gasteiger partial charge in [-0.05, 0) is 24.7 Å². The first-order chi connectivity index (χ1) is 8.81. The molecule has 18 heavy (non-hydrogen) atoms. The number of thioether (sulfide) groups is 1. The molecule has 2 aromatic rings. The maximum atomic E-state index is 5.46. The average Bonchev–Trinajstić information content (AvgIpc) is 2.86. The van der Waals surface area contributed by atoms with Crippen molar-refractivity contribution >= 4 is 11.8 Å². The minimum atomic E-state index is 0.691. The van der Waals surface area contributed by atoms with Gasteiger partial charge in [-0.1, -0.05) is 19.1 Å². The fourth-order valence-corrected chi connectivity index (χ4v) is 2.28. The molecule has 0 unspecified atom stereocenters. The van der Waals surface area contributed by atoms with Gasteiger partial charge in [0.1, 0.15) is 0 Å². The fraction of sp³-hybridized carbons (Fsp3) is 0.385. The summed E-state index contributed by atoms with van der Waals surface area (Å²) in [5.74, 6) is 2.12. The van der Waals surface area contributed by atoms with Crippen LogP contribution in [-0.2, 0) is 18.7 Å². The number of hydrogen-bond donors (Lipinski definition) is 1. The Balaban J connectivity index is 1.89. The van der Waals surface area contributed by atoms with E-state index in [4.69, 9.17) is 4.42 Å². The minimum Gasteiger partial charge on any atom is -0.424 e. The molecule has 0 aliphatic carbocycles. The summed E-state index contributed by atoms with van der Waals surface area (Å²) in [5.41, 5.74) is 1.29. The van der Waals surface area contributed by atoms with Gasteiger partial charge in [0, 0.05) is 17.9 Å². The molecule has 2 rings (SSSR count). The van der Waals surface area contributed by atoms with Crippen molar-refractivity contribution < 1.29 is 4.42 Å². The van der Waals surface area contributed by atoms with Crippen molar-refractivity contribution in [3.05, 3.63) is 41.6 Å². The lowest BCUT2D eigenvalue weighted by atomic mass is 10.2. The summed E-state index contributed by atoms with van der Waals surface area (Å²) < 4.78 is 5.46. The normalized spacial score (nSPS) is 10.8. The van der Waals surface area contributed by atoms with E-state index in [1.165, 1.54) is 10.5 Å². The molecule has 96 valence electrons. The highest BCUT2D eigenvalue weighted by Crippen LogP contribution is 2.22. The molecule has 0 amide bonds. The molecule has 0 aliphatic rings. The van der Waals surface area contributed by atoms with Crippen molar-refractivity contribution in [2.75, 3.05) is 7.05 Å². The quantitative estimate of drug-likeness (QED) is 0.812. The number of aromatic nitrogens is 2. The zero-order chi connectivity index (χ0) is 12.8. The summed E-state index contributed by atoms with van der Waals surface area (Å²) in [6, 6.07) is 8.50. The molecule has 0 atom stereocenters. The Hall–Kier alpha value is -1.33. The minimum absolute atomic E-state index is 0.691. The second-order valence-electron chi connectivity index (χ2n) is 3.91. The molecular weight excluding hydrogens is 246 g/mol. The van der Waals surface area contributed by atoms with E-state index in [1.54, 1.807) is 11.8 Å². The van der Waals surface area contributed by atoms with E-state index in [2.05, 4.69) is 39.8 Å². The van der Waals surface area contributed by atoms with Crippen LogP contribution in [0.1, 0.15) is 24.3 Å². The van der Waals surface area contributed by atoms with Crippen LogP contribution in [0.2, 0.25) is 0 Å². The molecule has 0 saturated carbocycles. The van der Waals surface area contributed by atoms with Gasteiger partial charge in [-0.3, -0.25) is 0 Å². The Labute approximate surface area is 111 Å². The molecule has 1 N–H and O–H groups in total. The van der Waals surface area contributed by atoms with Crippen LogP contribution in [0.15, 0.2) is 33.6 Å². The van der Waals surface area contributed by atoms with Crippen molar-refractivity contribution in [3.8, 4) is 0 Å². The molecular formula is C13H17N3OS. The monoisotopic (exact) mass is 263 g/mol. The van der Waals surface area contributed by atoms with Crippen molar-refractivity contribution in [2.24, 2.45) is 0 Å². The highest BCUT2D eigenvalue weighted by molar-refractivity contribution is 7.98. The second-order valence-corrected chi connectivity index (χ2v) is 4.95. The van der Waals surface area contributed by atoms with Crippen molar-refractivity contribution in [1.82, 2.24) is 15.5 Å². The Morgan fingerprint density at radius 3 is 2.50 bits per heavy atom. The number of nitrogens with zero attached hydrogens (tertiary/aromatic N) is 2. The van der Waals surface area contributed by atoms with Crippen LogP contribution < -0.4 is 5.32 Å². The highest BCUT2D eigenvalue weighted by atomic mass is 32.2. The molecule has 1 aromatic carbocycles. The summed E-state index contributed by atoms with van der Waals surface area (Å²) in [7, 11) is 1.95. The maximum absolute atomic E-state index is 5.46. The number of hydrogen-bond acceptors (Lipinski definition) is 5. The van der Waals surface area contributed by atoms with Gasteiger partial charge in [0.25, 0.3) is 0 Å². The maximum Gasteiger partial charge on any atom is 0.226 e. The van der Waals surface area contributed by atoms with Gasteiger partial charge in [-0.2, -0.15) is 0 Å². The van der Waals surface area contributed by atoms with Crippen LogP contribution in [0, 0.1) is 0 Å². The van der Waals surface area contributed by atoms with Crippen molar-refractivity contribution in [3.63, 3.8) is 0 Å². The molecule has 1 aromatic heterocycles. The molecule has 0 bridgehead atoms. The summed E-state index contributed by atoms with van der Waals surface area (Å²) in [5, 5.41) is 11.1. The fourth-order valence-electron chi connectivity index (χ4n) is 1.54. The number of nitrogens with one attached hydrogen (secondary N) is 1. The summed E-state index contributed by atoms with van der Waals surface area (Å²) in [4.78, 5) is 1.21. The van der Waals surface area contributed by atoms with E-state index in [0.717, 1.165) is 18.7 Å². The third-order valence-corrected chi connectivity index (χ3v) is 3.47. The zero-order valence-electron chi connectivity index (χ0n) is 10.6. The van der Waals surface area contributed by atoms with Gasteiger partial charge in [0.15, 0.2) is 0 Å². The summed E-state index contributed by atoms with van der Waals surface area (Å²) >= 11 is 1.71. The lowest BCUT2D eigenvalue weighted by Gasteiger charge is -2.02. The van der Waals surface area contributed by atoms with E-state index < -0.39 is 0 Å².